The Labute approximate surface area is 137 Å². The molecule has 0 bridgehead atoms. The van der Waals surface area contributed by atoms with Crippen molar-refractivity contribution >= 4 is 11.6 Å². The number of pyridine rings is 1. The number of amides is 1. The van der Waals surface area contributed by atoms with Crippen LogP contribution < -0.4 is 10.2 Å². The lowest BCUT2D eigenvalue weighted by Crippen LogP contribution is -2.32. The van der Waals surface area contributed by atoms with E-state index in [1.165, 1.54) is 18.4 Å². The molecule has 0 radical (unpaired) electrons. The summed E-state index contributed by atoms with van der Waals surface area (Å²) in [6.07, 6.45) is 8.05. The highest BCUT2D eigenvalue weighted by Gasteiger charge is 2.18. The summed E-state index contributed by atoms with van der Waals surface area (Å²) in [5.74, 6) is -0.0145. The zero-order valence-electron chi connectivity index (χ0n) is 13.5. The van der Waals surface area contributed by atoms with Gasteiger partial charge in [0.1, 0.15) is 0 Å². The molecule has 0 spiro atoms. The van der Waals surface area contributed by atoms with Crippen LogP contribution in [0, 0.1) is 0 Å². The number of aromatic nitrogens is 1. The van der Waals surface area contributed by atoms with Gasteiger partial charge in [-0.2, -0.15) is 0 Å². The second-order valence-corrected chi connectivity index (χ2v) is 6.23. The first-order valence-corrected chi connectivity index (χ1v) is 8.23. The summed E-state index contributed by atoms with van der Waals surface area (Å²) in [5, 5.41) is 3.11. The first-order chi connectivity index (χ1) is 11.2. The first kappa shape index (κ1) is 15.5. The molecule has 1 fully saturated rings. The number of nitrogens with zero attached hydrogens (tertiary/aromatic N) is 2. The Balaban J connectivity index is 1.67. The monoisotopic (exact) mass is 309 g/mol. The maximum absolute atomic E-state index is 12.4. The van der Waals surface area contributed by atoms with Gasteiger partial charge in [0.15, 0.2) is 0 Å². The Morgan fingerprint density at radius 2 is 1.96 bits per heavy atom. The molecule has 0 saturated heterocycles. The van der Waals surface area contributed by atoms with E-state index >= 15 is 0 Å². The SMILES string of the molecule is CN(Cc1ccccc1)c1cncc(C(=O)NC2CCCC2)c1. The van der Waals surface area contributed by atoms with Crippen molar-refractivity contribution in [2.24, 2.45) is 0 Å². The van der Waals surface area contributed by atoms with Crippen molar-refractivity contribution in [1.29, 1.82) is 0 Å². The maximum Gasteiger partial charge on any atom is 0.253 e. The van der Waals surface area contributed by atoms with Crippen LogP contribution in [0.1, 0.15) is 41.6 Å². The van der Waals surface area contributed by atoms with E-state index in [4.69, 9.17) is 0 Å². The number of nitrogens with one attached hydrogen (secondary N) is 1. The molecular formula is C19H23N3O. The van der Waals surface area contributed by atoms with E-state index in [0.29, 0.717) is 11.6 Å². The summed E-state index contributed by atoms with van der Waals surface area (Å²) in [6, 6.07) is 12.5. The average molecular weight is 309 g/mol. The molecule has 1 amide bonds. The standard InChI is InChI=1S/C19H23N3O/c1-22(14-15-7-3-2-4-8-15)18-11-16(12-20-13-18)19(23)21-17-9-5-6-10-17/h2-4,7-8,11-13,17H,5-6,9-10,14H2,1H3,(H,21,23). The zero-order valence-corrected chi connectivity index (χ0v) is 13.5. The Hall–Kier alpha value is -2.36. The molecular weight excluding hydrogens is 286 g/mol. The second kappa shape index (κ2) is 7.27. The predicted octanol–water partition coefficient (Wildman–Crippen LogP) is 3.39. The topological polar surface area (TPSA) is 45.2 Å². The molecule has 0 aliphatic heterocycles. The van der Waals surface area contributed by atoms with Gasteiger partial charge in [-0.25, -0.2) is 0 Å². The average Bonchev–Trinajstić information content (AvgIpc) is 3.09. The summed E-state index contributed by atoms with van der Waals surface area (Å²) in [4.78, 5) is 18.7. The van der Waals surface area contributed by atoms with Gasteiger partial charge in [0, 0.05) is 25.8 Å². The van der Waals surface area contributed by atoms with Crippen molar-refractivity contribution in [3.05, 3.63) is 59.9 Å². The van der Waals surface area contributed by atoms with Gasteiger partial charge in [0.25, 0.3) is 5.91 Å². The van der Waals surface area contributed by atoms with Gasteiger partial charge in [-0.15, -0.1) is 0 Å². The molecule has 1 heterocycles. The van der Waals surface area contributed by atoms with Gasteiger partial charge in [0.05, 0.1) is 17.4 Å². The first-order valence-electron chi connectivity index (χ1n) is 8.23. The van der Waals surface area contributed by atoms with Crippen LogP contribution in [0.25, 0.3) is 0 Å². The number of rotatable bonds is 5. The van der Waals surface area contributed by atoms with E-state index < -0.39 is 0 Å². The number of carbonyl (C=O) groups is 1. The Kier molecular flexibility index (Phi) is 4.91. The number of hydrogen-bond acceptors (Lipinski definition) is 3. The van der Waals surface area contributed by atoms with Crippen LogP contribution >= 0.6 is 0 Å². The molecule has 0 unspecified atom stereocenters. The number of benzene rings is 1. The lowest BCUT2D eigenvalue weighted by atomic mass is 10.2. The lowest BCUT2D eigenvalue weighted by molar-refractivity contribution is 0.0937. The highest BCUT2D eigenvalue weighted by Crippen LogP contribution is 2.19. The number of anilines is 1. The van der Waals surface area contributed by atoms with Crippen LogP contribution in [0.2, 0.25) is 0 Å². The van der Waals surface area contributed by atoms with Crippen LogP contribution in [-0.4, -0.2) is 24.0 Å². The van der Waals surface area contributed by atoms with Crippen LogP contribution in [0.15, 0.2) is 48.8 Å². The molecule has 1 N–H and O–H groups in total. The van der Waals surface area contributed by atoms with Crippen LogP contribution in [0.5, 0.6) is 0 Å². The molecule has 3 rings (SSSR count). The lowest BCUT2D eigenvalue weighted by Gasteiger charge is -2.20. The van der Waals surface area contributed by atoms with Gasteiger partial charge in [0.2, 0.25) is 0 Å². The highest BCUT2D eigenvalue weighted by molar-refractivity contribution is 5.94. The summed E-state index contributed by atoms with van der Waals surface area (Å²) >= 11 is 0. The Morgan fingerprint density at radius 1 is 1.22 bits per heavy atom. The van der Waals surface area contributed by atoms with Crippen molar-refractivity contribution < 1.29 is 4.79 Å². The normalized spacial score (nSPS) is 14.7. The quantitative estimate of drug-likeness (QED) is 0.921. The Bertz CT molecular complexity index is 651. The second-order valence-electron chi connectivity index (χ2n) is 6.23. The molecule has 1 saturated carbocycles. The molecule has 1 aromatic heterocycles. The molecule has 1 aromatic carbocycles. The minimum absolute atomic E-state index is 0.0145. The van der Waals surface area contributed by atoms with E-state index in [2.05, 4.69) is 27.3 Å². The third kappa shape index (κ3) is 4.09. The fourth-order valence-electron chi connectivity index (χ4n) is 3.05. The smallest absolute Gasteiger partial charge is 0.253 e. The molecule has 23 heavy (non-hydrogen) atoms. The minimum Gasteiger partial charge on any atom is -0.369 e. The molecule has 1 aliphatic rings. The maximum atomic E-state index is 12.4. The van der Waals surface area contributed by atoms with E-state index in [1.54, 1.807) is 12.4 Å². The summed E-state index contributed by atoms with van der Waals surface area (Å²) in [7, 11) is 2.02. The molecule has 1 aliphatic carbocycles. The van der Waals surface area contributed by atoms with Gasteiger partial charge < -0.3 is 10.2 Å². The summed E-state index contributed by atoms with van der Waals surface area (Å²) in [5.41, 5.74) is 2.82. The minimum atomic E-state index is -0.0145. The van der Waals surface area contributed by atoms with Gasteiger partial charge in [-0.3, -0.25) is 9.78 Å². The van der Waals surface area contributed by atoms with Crippen LogP contribution in [0.4, 0.5) is 5.69 Å². The van der Waals surface area contributed by atoms with Crippen molar-refractivity contribution in [2.45, 2.75) is 38.3 Å². The fourth-order valence-corrected chi connectivity index (χ4v) is 3.05. The number of hydrogen-bond donors (Lipinski definition) is 1. The largest absolute Gasteiger partial charge is 0.369 e. The molecule has 0 atom stereocenters. The summed E-state index contributed by atoms with van der Waals surface area (Å²) in [6.45, 7) is 0.788. The van der Waals surface area contributed by atoms with E-state index in [1.807, 2.05) is 31.3 Å². The van der Waals surface area contributed by atoms with E-state index in [0.717, 1.165) is 25.1 Å². The van der Waals surface area contributed by atoms with Crippen molar-refractivity contribution in [3.8, 4) is 0 Å². The molecule has 120 valence electrons. The molecule has 4 heteroatoms. The van der Waals surface area contributed by atoms with Gasteiger partial charge >= 0.3 is 0 Å². The van der Waals surface area contributed by atoms with Crippen molar-refractivity contribution in [3.63, 3.8) is 0 Å². The highest BCUT2D eigenvalue weighted by atomic mass is 16.1. The van der Waals surface area contributed by atoms with E-state index in [9.17, 15) is 4.79 Å². The number of carbonyl (C=O) groups excluding carboxylic acids is 1. The van der Waals surface area contributed by atoms with Gasteiger partial charge in [-0.05, 0) is 24.5 Å². The van der Waals surface area contributed by atoms with Crippen molar-refractivity contribution in [2.75, 3.05) is 11.9 Å². The zero-order chi connectivity index (χ0) is 16.1. The molecule has 2 aromatic rings. The Morgan fingerprint density at radius 3 is 2.70 bits per heavy atom. The summed E-state index contributed by atoms with van der Waals surface area (Å²) < 4.78 is 0. The van der Waals surface area contributed by atoms with Gasteiger partial charge in [-0.1, -0.05) is 43.2 Å². The fraction of sp³-hybridized carbons (Fsp3) is 0.368. The van der Waals surface area contributed by atoms with Crippen LogP contribution in [-0.2, 0) is 6.54 Å². The van der Waals surface area contributed by atoms with E-state index in [-0.39, 0.29) is 5.91 Å². The third-order valence-corrected chi connectivity index (χ3v) is 4.38. The third-order valence-electron chi connectivity index (χ3n) is 4.38. The predicted molar refractivity (Wildman–Crippen MR) is 92.5 cm³/mol. The van der Waals surface area contributed by atoms with Crippen LogP contribution in [0.3, 0.4) is 0 Å². The van der Waals surface area contributed by atoms with Crippen molar-refractivity contribution in [1.82, 2.24) is 10.3 Å². The molecule has 4 nitrogen and oxygen atoms in total.